The van der Waals surface area contributed by atoms with Crippen molar-refractivity contribution >= 4 is 5.82 Å². The summed E-state index contributed by atoms with van der Waals surface area (Å²) in [4.78, 5) is 14.2. The molecular weight excluding hydrogens is 285 g/mol. The molecule has 1 saturated heterocycles. The Morgan fingerprint density at radius 2 is 2.36 bits per heavy atom. The number of halogens is 1. The van der Waals surface area contributed by atoms with E-state index in [1.54, 1.807) is 25.4 Å². The summed E-state index contributed by atoms with van der Waals surface area (Å²) < 4.78 is 18.7. The van der Waals surface area contributed by atoms with Crippen LogP contribution in [0.25, 0.3) is 0 Å². The van der Waals surface area contributed by atoms with Crippen molar-refractivity contribution < 1.29 is 9.13 Å². The van der Waals surface area contributed by atoms with Gasteiger partial charge in [-0.25, -0.2) is 14.4 Å². The molecule has 3 rings (SSSR count). The van der Waals surface area contributed by atoms with Gasteiger partial charge in [-0.05, 0) is 12.5 Å². The van der Waals surface area contributed by atoms with Crippen LogP contribution in [-0.2, 0) is 6.54 Å². The molecule has 2 aromatic heterocycles. The van der Waals surface area contributed by atoms with Crippen molar-refractivity contribution in [2.24, 2.45) is 0 Å². The van der Waals surface area contributed by atoms with Gasteiger partial charge in [0.1, 0.15) is 18.0 Å². The molecule has 7 heteroatoms. The fraction of sp³-hybridized carbons (Fsp3) is 0.400. The molecule has 0 aliphatic carbocycles. The van der Waals surface area contributed by atoms with Crippen molar-refractivity contribution in [3.63, 3.8) is 0 Å². The molecular formula is C15H18FN5O. The number of hydrogen-bond donors (Lipinski definition) is 1. The molecule has 0 bridgehead atoms. The van der Waals surface area contributed by atoms with E-state index in [4.69, 9.17) is 4.74 Å². The number of nitrogens with one attached hydrogen (secondary N) is 1. The summed E-state index contributed by atoms with van der Waals surface area (Å²) in [5.41, 5.74) is 0.680. The Morgan fingerprint density at radius 3 is 3.18 bits per heavy atom. The summed E-state index contributed by atoms with van der Waals surface area (Å²) in [6.45, 7) is 2.36. The SMILES string of the molecule is COc1cc(NC2CCN(Cc3ccncc3F)C2)ncn1. The molecule has 0 spiro atoms. The minimum Gasteiger partial charge on any atom is -0.481 e. The van der Waals surface area contributed by atoms with Crippen LogP contribution < -0.4 is 10.1 Å². The second-order valence-corrected chi connectivity index (χ2v) is 5.28. The van der Waals surface area contributed by atoms with Crippen molar-refractivity contribution in [1.29, 1.82) is 0 Å². The van der Waals surface area contributed by atoms with Crippen LogP contribution in [0.5, 0.6) is 5.88 Å². The van der Waals surface area contributed by atoms with Gasteiger partial charge in [-0.2, -0.15) is 0 Å². The molecule has 0 radical (unpaired) electrons. The molecule has 2 aromatic rings. The maximum atomic E-state index is 13.6. The number of anilines is 1. The lowest BCUT2D eigenvalue weighted by atomic mass is 10.2. The second-order valence-electron chi connectivity index (χ2n) is 5.28. The minimum atomic E-state index is -0.251. The van der Waals surface area contributed by atoms with Crippen LogP contribution in [0.2, 0.25) is 0 Å². The van der Waals surface area contributed by atoms with Gasteiger partial charge in [0.05, 0.1) is 13.3 Å². The Labute approximate surface area is 128 Å². The van der Waals surface area contributed by atoms with Crippen molar-refractivity contribution in [2.45, 2.75) is 19.0 Å². The largest absolute Gasteiger partial charge is 0.481 e. The summed E-state index contributed by atoms with van der Waals surface area (Å²) in [5, 5.41) is 3.37. The molecule has 3 heterocycles. The van der Waals surface area contributed by atoms with Crippen LogP contribution >= 0.6 is 0 Å². The first kappa shape index (κ1) is 14.6. The quantitative estimate of drug-likeness (QED) is 0.907. The zero-order chi connectivity index (χ0) is 15.4. The van der Waals surface area contributed by atoms with Crippen molar-refractivity contribution in [3.05, 3.63) is 42.2 Å². The van der Waals surface area contributed by atoms with Crippen LogP contribution in [0.4, 0.5) is 10.2 Å². The van der Waals surface area contributed by atoms with Crippen molar-refractivity contribution in [1.82, 2.24) is 19.9 Å². The van der Waals surface area contributed by atoms with E-state index in [9.17, 15) is 4.39 Å². The lowest BCUT2D eigenvalue weighted by molar-refractivity contribution is 0.322. The average molecular weight is 303 g/mol. The zero-order valence-corrected chi connectivity index (χ0v) is 12.4. The van der Waals surface area contributed by atoms with Gasteiger partial charge in [-0.15, -0.1) is 0 Å². The fourth-order valence-electron chi connectivity index (χ4n) is 2.61. The Hall–Kier alpha value is -2.28. The van der Waals surface area contributed by atoms with E-state index < -0.39 is 0 Å². The Kier molecular flexibility index (Phi) is 4.43. The first-order valence-electron chi connectivity index (χ1n) is 7.18. The monoisotopic (exact) mass is 303 g/mol. The first-order valence-corrected chi connectivity index (χ1v) is 7.18. The van der Waals surface area contributed by atoms with Crippen LogP contribution in [-0.4, -0.2) is 46.1 Å². The summed E-state index contributed by atoms with van der Waals surface area (Å²) in [6.07, 6.45) is 5.34. The molecule has 1 atom stereocenters. The van der Waals surface area contributed by atoms with E-state index in [1.165, 1.54) is 12.5 Å². The van der Waals surface area contributed by atoms with Gasteiger partial charge in [0, 0.05) is 43.5 Å². The topological polar surface area (TPSA) is 63.2 Å². The number of rotatable bonds is 5. The van der Waals surface area contributed by atoms with E-state index >= 15 is 0 Å². The third-order valence-corrected chi connectivity index (χ3v) is 3.73. The van der Waals surface area contributed by atoms with Crippen LogP contribution in [0.3, 0.4) is 0 Å². The number of nitrogens with zero attached hydrogens (tertiary/aromatic N) is 4. The minimum absolute atomic E-state index is 0.251. The number of likely N-dealkylation sites (tertiary alicyclic amines) is 1. The van der Waals surface area contributed by atoms with E-state index in [0.29, 0.717) is 18.0 Å². The second kappa shape index (κ2) is 6.65. The summed E-state index contributed by atoms with van der Waals surface area (Å²) in [5.74, 6) is 1.03. The van der Waals surface area contributed by atoms with E-state index in [0.717, 1.165) is 25.3 Å². The number of hydrogen-bond acceptors (Lipinski definition) is 6. The predicted molar refractivity (Wildman–Crippen MR) is 80.1 cm³/mol. The molecule has 0 aromatic carbocycles. The Bertz CT molecular complexity index is 639. The highest BCUT2D eigenvalue weighted by Gasteiger charge is 2.23. The highest BCUT2D eigenvalue weighted by Crippen LogP contribution is 2.19. The lowest BCUT2D eigenvalue weighted by Gasteiger charge is -2.17. The predicted octanol–water partition coefficient (Wildman–Crippen LogP) is 1.71. The highest BCUT2D eigenvalue weighted by molar-refractivity contribution is 5.38. The van der Waals surface area contributed by atoms with Gasteiger partial charge < -0.3 is 10.1 Å². The normalized spacial score (nSPS) is 18.4. The average Bonchev–Trinajstić information content (AvgIpc) is 2.97. The van der Waals surface area contributed by atoms with E-state index in [-0.39, 0.29) is 11.9 Å². The zero-order valence-electron chi connectivity index (χ0n) is 12.4. The van der Waals surface area contributed by atoms with Gasteiger partial charge in [0.2, 0.25) is 5.88 Å². The molecule has 1 aliphatic heterocycles. The van der Waals surface area contributed by atoms with Crippen LogP contribution in [0, 0.1) is 5.82 Å². The van der Waals surface area contributed by atoms with Crippen LogP contribution in [0.15, 0.2) is 30.9 Å². The molecule has 22 heavy (non-hydrogen) atoms. The lowest BCUT2D eigenvalue weighted by Crippen LogP contribution is -2.26. The number of ether oxygens (including phenoxy) is 1. The molecule has 0 saturated carbocycles. The maximum absolute atomic E-state index is 13.6. The van der Waals surface area contributed by atoms with Gasteiger partial charge in [-0.3, -0.25) is 9.88 Å². The standard InChI is InChI=1S/C15H18FN5O/c1-22-15-6-14(18-10-19-15)20-12-3-5-21(9-12)8-11-2-4-17-7-13(11)16/h2,4,6-7,10,12H,3,5,8-9H2,1H3,(H,18,19,20). The molecule has 116 valence electrons. The molecule has 6 nitrogen and oxygen atoms in total. The Morgan fingerprint density at radius 1 is 1.45 bits per heavy atom. The Balaban J connectivity index is 1.57. The fourth-order valence-corrected chi connectivity index (χ4v) is 2.61. The number of pyridine rings is 1. The number of aromatic nitrogens is 3. The van der Waals surface area contributed by atoms with E-state index in [2.05, 4.69) is 25.2 Å². The summed E-state index contributed by atoms with van der Waals surface area (Å²) in [7, 11) is 1.58. The molecule has 1 unspecified atom stereocenters. The number of methoxy groups -OCH3 is 1. The highest BCUT2D eigenvalue weighted by atomic mass is 19.1. The molecule has 1 aliphatic rings. The van der Waals surface area contributed by atoms with Crippen LogP contribution in [0.1, 0.15) is 12.0 Å². The molecule has 0 amide bonds. The van der Waals surface area contributed by atoms with Gasteiger partial charge in [0.15, 0.2) is 0 Å². The smallest absolute Gasteiger partial charge is 0.218 e. The third kappa shape index (κ3) is 3.48. The van der Waals surface area contributed by atoms with Crippen molar-refractivity contribution in [3.8, 4) is 5.88 Å². The van der Waals surface area contributed by atoms with Gasteiger partial charge >= 0.3 is 0 Å². The van der Waals surface area contributed by atoms with Gasteiger partial charge in [-0.1, -0.05) is 0 Å². The molecule has 1 fully saturated rings. The van der Waals surface area contributed by atoms with Crippen molar-refractivity contribution in [2.75, 3.05) is 25.5 Å². The van der Waals surface area contributed by atoms with E-state index in [1.807, 2.05) is 0 Å². The third-order valence-electron chi connectivity index (χ3n) is 3.73. The summed E-state index contributed by atoms with van der Waals surface area (Å²) >= 11 is 0. The summed E-state index contributed by atoms with van der Waals surface area (Å²) in [6, 6.07) is 3.78. The maximum Gasteiger partial charge on any atom is 0.218 e. The van der Waals surface area contributed by atoms with Gasteiger partial charge in [0.25, 0.3) is 0 Å². The first-order chi connectivity index (χ1) is 10.7. The molecule has 1 N–H and O–H groups in total.